The first-order valence-corrected chi connectivity index (χ1v) is 10.2. The van der Waals surface area contributed by atoms with Crippen molar-refractivity contribution in [3.8, 4) is 0 Å². The number of ether oxygens (including phenoxy) is 1. The Bertz CT molecular complexity index is 456. The molecule has 1 unspecified atom stereocenters. The van der Waals surface area contributed by atoms with E-state index in [-0.39, 0.29) is 6.61 Å². The van der Waals surface area contributed by atoms with E-state index < -0.39 is 26.2 Å². The van der Waals surface area contributed by atoms with Gasteiger partial charge in [0.15, 0.2) is 0 Å². The fraction of sp³-hybridized carbons (Fsp3) is 0.429. The molecule has 0 heterocycles. The third-order valence-corrected chi connectivity index (χ3v) is 4.25. The van der Waals surface area contributed by atoms with Crippen molar-refractivity contribution in [3.05, 3.63) is 35.9 Å². The Hall–Kier alpha value is -1.82. The van der Waals surface area contributed by atoms with E-state index in [9.17, 15) is 9.59 Å². The van der Waals surface area contributed by atoms with Crippen molar-refractivity contribution < 1.29 is 19.4 Å². The molecule has 0 aromatic heterocycles. The molecule has 1 amide bonds. The summed E-state index contributed by atoms with van der Waals surface area (Å²) in [6.07, 6.45) is -0.695. The zero-order valence-electron chi connectivity index (χ0n) is 12.1. The normalized spacial score (nSPS) is 12.6. The van der Waals surface area contributed by atoms with E-state index in [4.69, 9.17) is 9.84 Å². The average Bonchev–Trinajstić information content (AvgIpc) is 2.35. The Morgan fingerprint density at radius 1 is 1.25 bits per heavy atom. The Morgan fingerprint density at radius 2 is 1.85 bits per heavy atom. The Morgan fingerprint density at radius 3 is 2.35 bits per heavy atom. The molecule has 0 saturated heterocycles. The first-order valence-electron chi connectivity index (χ1n) is 6.48. The first-order chi connectivity index (χ1) is 9.28. The number of carboxylic acid groups (broad SMARTS) is 1. The van der Waals surface area contributed by atoms with E-state index in [1.807, 2.05) is 30.3 Å². The molecule has 20 heavy (non-hydrogen) atoms. The molecule has 1 aromatic carbocycles. The van der Waals surface area contributed by atoms with E-state index in [0.29, 0.717) is 6.04 Å². The van der Waals surface area contributed by atoms with Crippen molar-refractivity contribution in [1.29, 1.82) is 0 Å². The first kappa shape index (κ1) is 16.2. The standard InChI is InChI=1S/C14H21NO4Si/c1-20(2,3)10-12(13(16)17)15-14(18)19-9-11-7-5-4-6-8-11/h4-8,12H,9-10H2,1-3H3,(H,15,18)(H,16,17). The topological polar surface area (TPSA) is 75.6 Å². The average molecular weight is 295 g/mol. The molecule has 0 bridgehead atoms. The maximum atomic E-state index is 11.6. The molecule has 2 N–H and O–H groups in total. The molecule has 0 saturated carbocycles. The molecule has 1 atom stereocenters. The Balaban J connectivity index is 2.48. The number of hydrogen-bond acceptors (Lipinski definition) is 3. The van der Waals surface area contributed by atoms with Crippen LogP contribution < -0.4 is 5.32 Å². The minimum absolute atomic E-state index is 0.131. The van der Waals surface area contributed by atoms with Crippen molar-refractivity contribution in [2.75, 3.05) is 0 Å². The van der Waals surface area contributed by atoms with Crippen LogP contribution >= 0.6 is 0 Å². The molecule has 0 spiro atoms. The van der Waals surface area contributed by atoms with Crippen molar-refractivity contribution >= 4 is 20.1 Å². The van der Waals surface area contributed by atoms with E-state index in [1.54, 1.807) is 0 Å². The minimum atomic E-state index is -1.59. The smallest absolute Gasteiger partial charge is 0.408 e. The predicted molar refractivity (Wildman–Crippen MR) is 79.3 cm³/mol. The molecule has 1 aromatic rings. The highest BCUT2D eigenvalue weighted by molar-refractivity contribution is 6.76. The summed E-state index contributed by atoms with van der Waals surface area (Å²) in [6, 6.07) is 8.84. The van der Waals surface area contributed by atoms with Crippen LogP contribution in [-0.2, 0) is 16.1 Å². The van der Waals surface area contributed by atoms with Crippen molar-refractivity contribution in [3.63, 3.8) is 0 Å². The van der Waals surface area contributed by atoms with Gasteiger partial charge >= 0.3 is 12.1 Å². The molecule has 1 rings (SSSR count). The van der Waals surface area contributed by atoms with Crippen molar-refractivity contribution in [1.82, 2.24) is 5.32 Å². The van der Waals surface area contributed by atoms with Crippen molar-refractivity contribution in [2.45, 2.75) is 38.3 Å². The SMILES string of the molecule is C[Si](C)(C)CC(NC(=O)OCc1ccccc1)C(=O)O. The molecule has 0 aliphatic carbocycles. The summed E-state index contributed by atoms with van der Waals surface area (Å²) in [5, 5.41) is 11.5. The fourth-order valence-electron chi connectivity index (χ4n) is 1.72. The van der Waals surface area contributed by atoms with Crippen LogP contribution in [0.4, 0.5) is 4.79 Å². The number of carbonyl (C=O) groups excluding carboxylic acids is 1. The largest absolute Gasteiger partial charge is 0.480 e. The summed E-state index contributed by atoms with van der Waals surface area (Å²) in [7, 11) is -1.59. The summed E-state index contributed by atoms with van der Waals surface area (Å²) in [5.74, 6) is -1.02. The second-order valence-corrected chi connectivity index (χ2v) is 11.4. The minimum Gasteiger partial charge on any atom is -0.480 e. The predicted octanol–water partition coefficient (Wildman–Crippen LogP) is 2.70. The van der Waals surface area contributed by atoms with Crippen LogP contribution in [0.15, 0.2) is 30.3 Å². The van der Waals surface area contributed by atoms with E-state index in [1.165, 1.54) is 0 Å². The summed E-state index contributed by atoms with van der Waals surface area (Å²) < 4.78 is 5.03. The van der Waals surface area contributed by atoms with E-state index in [2.05, 4.69) is 25.0 Å². The fourth-order valence-corrected chi connectivity index (χ4v) is 3.22. The molecule has 0 fully saturated rings. The van der Waals surface area contributed by atoms with Gasteiger partial charge in [0.25, 0.3) is 0 Å². The summed E-state index contributed by atoms with van der Waals surface area (Å²) in [4.78, 5) is 22.8. The van der Waals surface area contributed by atoms with Crippen LogP contribution in [0.1, 0.15) is 5.56 Å². The zero-order valence-corrected chi connectivity index (χ0v) is 13.1. The van der Waals surface area contributed by atoms with Crippen LogP contribution in [-0.4, -0.2) is 31.3 Å². The summed E-state index contributed by atoms with van der Waals surface area (Å²) >= 11 is 0. The number of rotatable bonds is 6. The van der Waals surface area contributed by atoms with Crippen LogP contribution in [0.2, 0.25) is 25.7 Å². The van der Waals surface area contributed by atoms with Gasteiger partial charge in [-0.15, -0.1) is 0 Å². The number of amides is 1. The van der Waals surface area contributed by atoms with Gasteiger partial charge in [0.2, 0.25) is 0 Å². The highest BCUT2D eigenvalue weighted by Crippen LogP contribution is 2.12. The van der Waals surface area contributed by atoms with E-state index >= 15 is 0 Å². The molecule has 6 heteroatoms. The Labute approximate surface area is 120 Å². The summed E-state index contributed by atoms with van der Waals surface area (Å²) in [6.45, 7) is 6.30. The third kappa shape index (κ3) is 6.37. The van der Waals surface area contributed by atoms with Crippen LogP contribution in [0.3, 0.4) is 0 Å². The van der Waals surface area contributed by atoms with Crippen molar-refractivity contribution in [2.24, 2.45) is 0 Å². The molecule has 110 valence electrons. The Kier molecular flexibility index (Phi) is 5.76. The number of hydrogen-bond donors (Lipinski definition) is 2. The lowest BCUT2D eigenvalue weighted by molar-refractivity contribution is -0.138. The molecular weight excluding hydrogens is 274 g/mol. The number of alkyl carbamates (subject to hydrolysis) is 1. The van der Waals surface area contributed by atoms with Gasteiger partial charge in [0.05, 0.1) is 0 Å². The van der Waals surface area contributed by atoms with Gasteiger partial charge in [0.1, 0.15) is 12.6 Å². The lowest BCUT2D eigenvalue weighted by Crippen LogP contribution is -2.45. The number of benzene rings is 1. The highest BCUT2D eigenvalue weighted by Gasteiger charge is 2.27. The van der Waals surface area contributed by atoms with Gasteiger partial charge in [0, 0.05) is 8.07 Å². The van der Waals surface area contributed by atoms with Gasteiger partial charge in [-0.3, -0.25) is 4.79 Å². The molecule has 5 nitrogen and oxygen atoms in total. The lowest BCUT2D eigenvalue weighted by atomic mass is 10.2. The molecular formula is C14H21NO4Si. The maximum absolute atomic E-state index is 11.6. The lowest BCUT2D eigenvalue weighted by Gasteiger charge is -2.22. The second kappa shape index (κ2) is 7.09. The maximum Gasteiger partial charge on any atom is 0.408 e. The van der Waals surface area contributed by atoms with Gasteiger partial charge in [-0.1, -0.05) is 50.0 Å². The summed E-state index contributed by atoms with van der Waals surface area (Å²) in [5.41, 5.74) is 0.861. The van der Waals surface area contributed by atoms with E-state index in [0.717, 1.165) is 5.56 Å². The number of carboxylic acids is 1. The molecule has 0 aliphatic rings. The van der Waals surface area contributed by atoms with Gasteiger partial charge < -0.3 is 15.2 Å². The van der Waals surface area contributed by atoms with Gasteiger partial charge in [-0.05, 0) is 11.6 Å². The van der Waals surface area contributed by atoms with Crippen LogP contribution in [0, 0.1) is 0 Å². The number of carbonyl (C=O) groups is 2. The zero-order chi connectivity index (χ0) is 15.2. The quantitative estimate of drug-likeness (QED) is 0.791. The molecule has 0 radical (unpaired) electrons. The third-order valence-electron chi connectivity index (χ3n) is 2.62. The highest BCUT2D eigenvalue weighted by atomic mass is 28.3. The second-order valence-electron chi connectivity index (χ2n) is 5.86. The van der Waals surface area contributed by atoms with Crippen LogP contribution in [0.5, 0.6) is 0 Å². The monoisotopic (exact) mass is 295 g/mol. The van der Waals surface area contributed by atoms with Gasteiger partial charge in [-0.25, -0.2) is 4.79 Å². The van der Waals surface area contributed by atoms with Crippen LogP contribution in [0.25, 0.3) is 0 Å². The van der Waals surface area contributed by atoms with Gasteiger partial charge in [-0.2, -0.15) is 0 Å². The number of aliphatic carboxylic acids is 1. The number of nitrogens with one attached hydrogen (secondary N) is 1. The molecule has 0 aliphatic heterocycles.